The van der Waals surface area contributed by atoms with E-state index in [2.05, 4.69) is 66.9 Å². The van der Waals surface area contributed by atoms with Crippen LogP contribution in [-0.4, -0.2) is 26.2 Å². The van der Waals surface area contributed by atoms with Gasteiger partial charge >= 0.3 is 0 Å². The fourth-order valence-electron chi connectivity index (χ4n) is 9.61. The number of benzene rings is 3. The van der Waals surface area contributed by atoms with Crippen molar-refractivity contribution in [2.24, 2.45) is 23.7 Å². The molecule has 1 atom stereocenters. The monoisotopic (exact) mass is 609 g/mol. The Bertz CT molecular complexity index is 1310. The molecule has 2 heteroatoms. The number of nitrogens with one attached hydrogen (secondary N) is 2. The van der Waals surface area contributed by atoms with Gasteiger partial charge in [0.2, 0.25) is 0 Å². The van der Waals surface area contributed by atoms with E-state index in [1.54, 1.807) is 22.1 Å². The number of hydrogen-bond acceptors (Lipinski definition) is 2. The molecular formula is C43H64N2. The molecule has 1 unspecified atom stereocenters. The molecule has 246 valence electrons. The Morgan fingerprint density at radius 2 is 1.29 bits per heavy atom. The summed E-state index contributed by atoms with van der Waals surface area (Å²) < 4.78 is 0. The van der Waals surface area contributed by atoms with Crippen molar-refractivity contribution in [2.45, 2.75) is 135 Å². The van der Waals surface area contributed by atoms with Gasteiger partial charge in [0.05, 0.1) is 0 Å². The van der Waals surface area contributed by atoms with Gasteiger partial charge < -0.3 is 10.6 Å². The Morgan fingerprint density at radius 1 is 0.622 bits per heavy atom. The van der Waals surface area contributed by atoms with Crippen LogP contribution in [0.1, 0.15) is 139 Å². The molecule has 3 aliphatic carbocycles. The minimum Gasteiger partial charge on any atom is -0.314 e. The largest absolute Gasteiger partial charge is 0.314 e. The van der Waals surface area contributed by atoms with E-state index >= 15 is 0 Å². The summed E-state index contributed by atoms with van der Waals surface area (Å²) >= 11 is 0. The molecule has 1 aliphatic heterocycles. The second-order valence-electron chi connectivity index (χ2n) is 15.5. The quantitative estimate of drug-likeness (QED) is 0.186. The highest BCUT2D eigenvalue weighted by atomic mass is 15.0. The summed E-state index contributed by atoms with van der Waals surface area (Å²) in [6, 6.07) is 16.9. The first-order chi connectivity index (χ1) is 22.2. The molecule has 0 bridgehead atoms. The highest BCUT2D eigenvalue weighted by Gasteiger charge is 2.28. The Labute approximate surface area is 275 Å². The minimum atomic E-state index is 0.752. The molecule has 7 rings (SSSR count). The molecule has 3 aromatic carbocycles. The van der Waals surface area contributed by atoms with Crippen molar-refractivity contribution in [2.75, 3.05) is 26.2 Å². The summed E-state index contributed by atoms with van der Waals surface area (Å²) in [6.07, 6.45) is 25.8. The molecule has 1 heterocycles. The van der Waals surface area contributed by atoms with Gasteiger partial charge in [-0.2, -0.15) is 0 Å². The van der Waals surface area contributed by atoms with Gasteiger partial charge in [-0.3, -0.25) is 0 Å². The Hall–Kier alpha value is -1.90. The molecule has 2 saturated carbocycles. The van der Waals surface area contributed by atoms with E-state index in [1.807, 2.05) is 0 Å². The molecule has 3 fully saturated rings. The van der Waals surface area contributed by atoms with Crippen molar-refractivity contribution in [3.63, 3.8) is 0 Å². The number of rotatable bonds is 9. The highest BCUT2D eigenvalue weighted by molar-refractivity contribution is 6.10. The van der Waals surface area contributed by atoms with Crippen LogP contribution in [-0.2, 0) is 12.8 Å². The van der Waals surface area contributed by atoms with Crippen LogP contribution >= 0.6 is 0 Å². The summed E-state index contributed by atoms with van der Waals surface area (Å²) in [6.45, 7) is 9.28. The van der Waals surface area contributed by atoms with E-state index < -0.39 is 0 Å². The molecular weight excluding hydrogens is 544 g/mol. The number of piperazine rings is 1. The SMILES string of the molecule is C1CNCCN1.CCCCCC1CCC(c2cc3ccccc3c3ccc4c(c23)CCC(CCC2CCC(CC)CC2)C4)CC1. The first-order valence-electron chi connectivity index (χ1n) is 19.6. The topological polar surface area (TPSA) is 24.1 Å². The third-order valence-electron chi connectivity index (χ3n) is 12.6. The predicted octanol–water partition coefficient (Wildman–Crippen LogP) is 11.1. The molecule has 3 aromatic rings. The average molecular weight is 609 g/mol. The van der Waals surface area contributed by atoms with Gasteiger partial charge in [-0.05, 0) is 119 Å². The second kappa shape index (κ2) is 16.8. The van der Waals surface area contributed by atoms with Gasteiger partial charge in [0.25, 0.3) is 0 Å². The number of unbranched alkanes of at least 4 members (excludes halogenated alkanes) is 2. The zero-order valence-electron chi connectivity index (χ0n) is 29.0. The van der Waals surface area contributed by atoms with Crippen molar-refractivity contribution in [3.05, 3.63) is 59.2 Å². The normalized spacial score (nSPS) is 27.1. The number of hydrogen-bond donors (Lipinski definition) is 2. The summed E-state index contributed by atoms with van der Waals surface area (Å²) in [5, 5.41) is 12.6. The standard InChI is InChI=1S/C39H54.C4H10N2/c1-3-5-6-9-29-18-21-32(22-19-29)38-27-33-10-7-8-11-35(33)37-25-23-34-26-31(20-24-36(34)39(37)38)17-16-30-14-12-28(4-2)13-15-30;1-2-6-4-3-5-1/h7-8,10-11,23,25,27-32H,3-6,9,12-22,24,26H2,1-2H3;5-6H,1-4H2. The molecule has 45 heavy (non-hydrogen) atoms. The van der Waals surface area contributed by atoms with Crippen molar-refractivity contribution in [1.29, 1.82) is 0 Å². The summed E-state index contributed by atoms with van der Waals surface area (Å²) in [4.78, 5) is 0. The third kappa shape index (κ3) is 8.53. The zero-order chi connectivity index (χ0) is 30.8. The van der Waals surface area contributed by atoms with Crippen LogP contribution in [0.3, 0.4) is 0 Å². The molecule has 2 N–H and O–H groups in total. The van der Waals surface area contributed by atoms with E-state index in [9.17, 15) is 0 Å². The third-order valence-corrected chi connectivity index (χ3v) is 12.6. The van der Waals surface area contributed by atoms with Crippen molar-refractivity contribution in [3.8, 4) is 0 Å². The van der Waals surface area contributed by atoms with Crippen molar-refractivity contribution in [1.82, 2.24) is 10.6 Å². The van der Waals surface area contributed by atoms with E-state index in [1.165, 1.54) is 132 Å². The minimum absolute atomic E-state index is 0.752. The van der Waals surface area contributed by atoms with Gasteiger partial charge in [-0.25, -0.2) is 0 Å². The Kier molecular flexibility index (Phi) is 12.3. The fourth-order valence-corrected chi connectivity index (χ4v) is 9.61. The molecule has 2 nitrogen and oxygen atoms in total. The van der Waals surface area contributed by atoms with E-state index in [4.69, 9.17) is 0 Å². The maximum Gasteiger partial charge on any atom is 0.00772 e. The van der Waals surface area contributed by atoms with Gasteiger partial charge in [0.1, 0.15) is 0 Å². The molecule has 4 aliphatic rings. The van der Waals surface area contributed by atoms with Crippen molar-refractivity contribution < 1.29 is 0 Å². The van der Waals surface area contributed by atoms with E-state index in [0.29, 0.717) is 0 Å². The van der Waals surface area contributed by atoms with Crippen LogP contribution in [0.4, 0.5) is 0 Å². The molecule has 0 amide bonds. The predicted molar refractivity (Wildman–Crippen MR) is 197 cm³/mol. The van der Waals surface area contributed by atoms with Crippen LogP contribution < -0.4 is 10.6 Å². The van der Waals surface area contributed by atoms with Crippen molar-refractivity contribution >= 4 is 21.5 Å². The van der Waals surface area contributed by atoms with Crippen LogP contribution in [0.5, 0.6) is 0 Å². The smallest absolute Gasteiger partial charge is 0.00772 e. The summed E-state index contributed by atoms with van der Waals surface area (Å²) in [5.74, 6) is 4.67. The van der Waals surface area contributed by atoms with E-state index in [0.717, 1.165) is 55.8 Å². The van der Waals surface area contributed by atoms with Crippen LogP contribution in [0.15, 0.2) is 42.5 Å². The molecule has 0 aromatic heterocycles. The van der Waals surface area contributed by atoms with Crippen LogP contribution in [0.2, 0.25) is 0 Å². The van der Waals surface area contributed by atoms with Crippen LogP contribution in [0, 0.1) is 23.7 Å². The zero-order valence-corrected chi connectivity index (χ0v) is 29.0. The van der Waals surface area contributed by atoms with Gasteiger partial charge in [-0.1, -0.05) is 121 Å². The van der Waals surface area contributed by atoms with E-state index in [-0.39, 0.29) is 0 Å². The lowest BCUT2D eigenvalue weighted by molar-refractivity contribution is 0.241. The Morgan fingerprint density at radius 3 is 2.00 bits per heavy atom. The first kappa shape index (κ1) is 33.0. The molecule has 0 radical (unpaired) electrons. The lowest BCUT2D eigenvalue weighted by Gasteiger charge is -2.33. The lowest BCUT2D eigenvalue weighted by Crippen LogP contribution is -2.39. The molecule has 0 spiro atoms. The first-order valence-corrected chi connectivity index (χ1v) is 19.6. The average Bonchev–Trinajstić information content (AvgIpc) is 3.11. The summed E-state index contributed by atoms with van der Waals surface area (Å²) in [5.41, 5.74) is 5.13. The van der Waals surface area contributed by atoms with Crippen LogP contribution in [0.25, 0.3) is 21.5 Å². The maximum atomic E-state index is 3.22. The van der Waals surface area contributed by atoms with Gasteiger partial charge in [0, 0.05) is 26.2 Å². The Balaban J connectivity index is 0.000000535. The van der Waals surface area contributed by atoms with Gasteiger partial charge in [0.15, 0.2) is 0 Å². The number of aryl methyl sites for hydroxylation is 1. The second-order valence-corrected chi connectivity index (χ2v) is 15.5. The molecule has 1 saturated heterocycles. The highest BCUT2D eigenvalue weighted by Crippen LogP contribution is 2.45. The lowest BCUT2D eigenvalue weighted by atomic mass is 9.72. The number of fused-ring (bicyclic) bond motifs is 5. The maximum absolute atomic E-state index is 3.22. The van der Waals surface area contributed by atoms with Gasteiger partial charge in [-0.15, -0.1) is 0 Å². The summed E-state index contributed by atoms with van der Waals surface area (Å²) in [7, 11) is 0. The fraction of sp³-hybridized carbons (Fsp3) is 0.674.